The summed E-state index contributed by atoms with van der Waals surface area (Å²) in [6.07, 6.45) is 0.841. The lowest BCUT2D eigenvalue weighted by Crippen LogP contribution is -2.02. The van der Waals surface area contributed by atoms with Crippen LogP contribution < -0.4 is 4.74 Å². The van der Waals surface area contributed by atoms with Crippen LogP contribution in [0.4, 0.5) is 0 Å². The van der Waals surface area contributed by atoms with E-state index in [0.29, 0.717) is 6.61 Å². The molecule has 0 spiro atoms. The molecule has 2 nitrogen and oxygen atoms in total. The van der Waals surface area contributed by atoms with Crippen LogP contribution >= 0.6 is 11.8 Å². The molecule has 2 aromatic rings. The first-order valence-corrected chi connectivity index (χ1v) is 7.70. The lowest BCUT2D eigenvalue weighted by Gasteiger charge is -2.12. The number of allylic oxidation sites excluding steroid dienone is 1. The van der Waals surface area contributed by atoms with E-state index in [9.17, 15) is 5.26 Å². The predicted molar refractivity (Wildman–Crippen MR) is 86.1 cm³/mol. The molecule has 0 radical (unpaired) electrons. The topological polar surface area (TPSA) is 33.0 Å². The highest BCUT2D eigenvalue weighted by atomic mass is 32.2. The van der Waals surface area contributed by atoms with Crippen LogP contribution in [0.15, 0.2) is 59.0 Å². The molecule has 0 aromatic heterocycles. The Morgan fingerprint density at radius 2 is 1.90 bits per heavy atom. The van der Waals surface area contributed by atoms with E-state index < -0.39 is 0 Å². The Labute approximate surface area is 129 Å². The summed E-state index contributed by atoms with van der Waals surface area (Å²) in [7, 11) is 0. The fourth-order valence-corrected chi connectivity index (χ4v) is 3.48. The van der Waals surface area contributed by atoms with Gasteiger partial charge in [0.1, 0.15) is 5.75 Å². The van der Waals surface area contributed by atoms with Gasteiger partial charge in [-0.25, -0.2) is 0 Å². The molecule has 0 bridgehead atoms. The smallest absolute Gasteiger partial charge is 0.133 e. The first-order valence-electron chi connectivity index (χ1n) is 6.88. The van der Waals surface area contributed by atoms with E-state index in [2.05, 4.69) is 18.2 Å². The molecule has 0 unspecified atom stereocenters. The number of nitriles is 1. The van der Waals surface area contributed by atoms with Crippen molar-refractivity contribution >= 4 is 16.7 Å². The van der Waals surface area contributed by atoms with Crippen LogP contribution in [0.3, 0.4) is 0 Å². The maximum Gasteiger partial charge on any atom is 0.133 e. The molecule has 0 N–H and O–H groups in total. The number of ether oxygens (including phenoxy) is 1. The zero-order valence-corrected chi connectivity index (χ0v) is 12.6. The zero-order valence-electron chi connectivity index (χ0n) is 11.8. The SMILES string of the molecule is C/C(C#N)=C1/Sc2ccccc2OCCc2ccccc21. The number of hydrogen-bond acceptors (Lipinski definition) is 3. The van der Waals surface area contributed by atoms with Gasteiger partial charge in [-0.05, 0) is 30.2 Å². The van der Waals surface area contributed by atoms with Crippen LogP contribution in [0.1, 0.15) is 18.1 Å². The van der Waals surface area contributed by atoms with Gasteiger partial charge < -0.3 is 4.74 Å². The van der Waals surface area contributed by atoms with Gasteiger partial charge in [0.05, 0.1) is 17.6 Å². The van der Waals surface area contributed by atoms with Crippen LogP contribution in [-0.2, 0) is 6.42 Å². The summed E-state index contributed by atoms with van der Waals surface area (Å²) in [6, 6.07) is 18.6. The van der Waals surface area contributed by atoms with E-state index in [1.165, 1.54) is 5.56 Å². The maximum absolute atomic E-state index is 9.34. The molecular weight excluding hydrogens is 278 g/mol. The van der Waals surface area contributed by atoms with Gasteiger partial charge in [-0.3, -0.25) is 0 Å². The molecule has 21 heavy (non-hydrogen) atoms. The van der Waals surface area contributed by atoms with Crippen molar-refractivity contribution in [3.8, 4) is 11.8 Å². The summed E-state index contributed by atoms with van der Waals surface area (Å²) < 4.78 is 5.90. The second-order valence-corrected chi connectivity index (χ2v) is 5.92. The average Bonchev–Trinajstić information content (AvgIpc) is 2.61. The Balaban J connectivity index is 2.18. The highest BCUT2D eigenvalue weighted by Crippen LogP contribution is 2.42. The summed E-state index contributed by atoms with van der Waals surface area (Å²) in [6.45, 7) is 2.52. The van der Waals surface area contributed by atoms with Gasteiger partial charge in [-0.2, -0.15) is 5.26 Å². The molecule has 3 rings (SSSR count). The fourth-order valence-electron chi connectivity index (χ4n) is 2.38. The Bertz CT molecular complexity index is 743. The van der Waals surface area contributed by atoms with Crippen molar-refractivity contribution in [2.75, 3.05) is 6.61 Å². The van der Waals surface area contributed by atoms with E-state index in [0.717, 1.165) is 33.1 Å². The second-order valence-electron chi connectivity index (χ2n) is 4.87. The van der Waals surface area contributed by atoms with Gasteiger partial charge in [-0.15, -0.1) is 0 Å². The van der Waals surface area contributed by atoms with Crippen LogP contribution in [0.2, 0.25) is 0 Å². The molecule has 0 fully saturated rings. The van der Waals surface area contributed by atoms with Crippen molar-refractivity contribution in [3.63, 3.8) is 0 Å². The summed E-state index contributed by atoms with van der Waals surface area (Å²) >= 11 is 1.61. The number of hydrogen-bond donors (Lipinski definition) is 0. The molecule has 3 heteroatoms. The minimum Gasteiger partial charge on any atom is -0.492 e. The Kier molecular flexibility index (Phi) is 3.98. The molecule has 1 aliphatic heterocycles. The minimum absolute atomic E-state index is 0.646. The van der Waals surface area contributed by atoms with Gasteiger partial charge >= 0.3 is 0 Å². The fraction of sp³-hybridized carbons (Fsp3) is 0.167. The first-order chi connectivity index (χ1) is 10.3. The number of fused-ring (bicyclic) bond motifs is 2. The largest absolute Gasteiger partial charge is 0.492 e. The first kappa shape index (κ1) is 13.8. The molecule has 1 aliphatic rings. The third-order valence-corrected chi connectivity index (χ3v) is 4.75. The molecule has 104 valence electrons. The van der Waals surface area contributed by atoms with E-state index in [-0.39, 0.29) is 0 Å². The lowest BCUT2D eigenvalue weighted by molar-refractivity contribution is 0.315. The second kappa shape index (κ2) is 6.07. The third-order valence-electron chi connectivity index (χ3n) is 3.46. The maximum atomic E-state index is 9.34. The van der Waals surface area contributed by atoms with Crippen molar-refractivity contribution in [2.24, 2.45) is 0 Å². The van der Waals surface area contributed by atoms with Crippen LogP contribution in [-0.4, -0.2) is 6.61 Å². The normalized spacial score (nSPS) is 16.2. The van der Waals surface area contributed by atoms with Crippen molar-refractivity contribution < 1.29 is 4.74 Å². The summed E-state index contributed by atoms with van der Waals surface area (Å²) in [4.78, 5) is 2.07. The minimum atomic E-state index is 0.646. The average molecular weight is 293 g/mol. The molecule has 2 aromatic carbocycles. The van der Waals surface area contributed by atoms with Crippen LogP contribution in [0.5, 0.6) is 5.75 Å². The lowest BCUT2D eigenvalue weighted by atomic mass is 10.0. The monoisotopic (exact) mass is 293 g/mol. The summed E-state index contributed by atoms with van der Waals surface area (Å²) in [5.41, 5.74) is 3.11. The molecule has 0 amide bonds. The van der Waals surface area contributed by atoms with Gasteiger partial charge in [0, 0.05) is 16.9 Å². The number of nitrogens with zero attached hydrogens (tertiary/aromatic N) is 1. The Hall–Kier alpha value is -2.18. The van der Waals surface area contributed by atoms with Crippen LogP contribution in [0, 0.1) is 11.3 Å². The van der Waals surface area contributed by atoms with Crippen LogP contribution in [0.25, 0.3) is 4.91 Å². The zero-order chi connectivity index (χ0) is 14.7. The molecular formula is C18H15NOS. The van der Waals surface area contributed by atoms with Gasteiger partial charge in [0.15, 0.2) is 0 Å². The van der Waals surface area contributed by atoms with Crippen molar-refractivity contribution in [1.82, 2.24) is 0 Å². The van der Waals surface area contributed by atoms with Gasteiger partial charge in [0.25, 0.3) is 0 Å². The van der Waals surface area contributed by atoms with Gasteiger partial charge in [0.2, 0.25) is 0 Å². The number of para-hydroxylation sites is 1. The summed E-state index contributed by atoms with van der Waals surface area (Å²) in [5.74, 6) is 0.888. The van der Waals surface area contributed by atoms with Crippen molar-refractivity contribution in [2.45, 2.75) is 18.2 Å². The van der Waals surface area contributed by atoms with E-state index in [1.807, 2.05) is 43.3 Å². The number of thioether (sulfide) groups is 1. The third kappa shape index (κ3) is 2.81. The Morgan fingerprint density at radius 1 is 1.14 bits per heavy atom. The molecule has 0 saturated carbocycles. The molecule has 0 atom stereocenters. The highest BCUT2D eigenvalue weighted by molar-refractivity contribution is 8.08. The highest BCUT2D eigenvalue weighted by Gasteiger charge is 2.17. The predicted octanol–water partition coefficient (Wildman–Crippen LogP) is 4.67. The number of benzene rings is 2. The van der Waals surface area contributed by atoms with E-state index in [1.54, 1.807) is 11.8 Å². The Morgan fingerprint density at radius 3 is 2.76 bits per heavy atom. The van der Waals surface area contributed by atoms with Gasteiger partial charge in [-0.1, -0.05) is 48.2 Å². The molecule has 1 heterocycles. The summed E-state index contributed by atoms with van der Waals surface area (Å²) in [5, 5.41) is 9.34. The quantitative estimate of drug-likeness (QED) is 0.662. The number of rotatable bonds is 0. The molecule has 0 saturated heterocycles. The standard InChI is InChI=1S/C18H15NOS/c1-13(12-19)18-15-7-3-2-6-14(15)10-11-20-16-8-4-5-9-17(16)21-18/h2-9H,10-11H2,1H3/b18-13-. The molecule has 0 aliphatic carbocycles. The van der Waals surface area contributed by atoms with E-state index >= 15 is 0 Å². The van der Waals surface area contributed by atoms with E-state index in [4.69, 9.17) is 4.74 Å². The van der Waals surface area contributed by atoms with Crippen molar-refractivity contribution in [3.05, 3.63) is 65.2 Å². The van der Waals surface area contributed by atoms with Crippen molar-refractivity contribution in [1.29, 1.82) is 5.26 Å².